The molecule has 5 heteroatoms. The van der Waals surface area contributed by atoms with Gasteiger partial charge in [0.25, 0.3) is 11.8 Å². The highest BCUT2D eigenvalue weighted by Crippen LogP contribution is 2.17. The van der Waals surface area contributed by atoms with E-state index in [-0.39, 0.29) is 11.8 Å². The van der Waals surface area contributed by atoms with E-state index in [1.807, 2.05) is 37.3 Å². The fourth-order valence-corrected chi connectivity index (χ4v) is 2.90. The summed E-state index contributed by atoms with van der Waals surface area (Å²) in [6.07, 6.45) is 0. The van der Waals surface area contributed by atoms with Crippen molar-refractivity contribution in [1.82, 2.24) is 0 Å². The van der Waals surface area contributed by atoms with Gasteiger partial charge in [0.2, 0.25) is 0 Å². The number of hydrogen-bond donors (Lipinski definition) is 2. The monoisotopic (exact) mass is 408 g/mol. The zero-order chi connectivity index (χ0) is 18.5. The first-order chi connectivity index (χ1) is 12.5. The van der Waals surface area contributed by atoms with Crippen molar-refractivity contribution >= 4 is 39.1 Å². The Morgan fingerprint density at radius 3 is 1.88 bits per heavy atom. The third kappa shape index (κ3) is 4.58. The first kappa shape index (κ1) is 17.9. The Morgan fingerprint density at radius 1 is 0.731 bits per heavy atom. The van der Waals surface area contributed by atoms with Gasteiger partial charge in [-0.1, -0.05) is 40.2 Å². The molecular formula is C21H17BrN2O2. The Balaban J connectivity index is 1.73. The van der Waals surface area contributed by atoms with E-state index in [9.17, 15) is 9.59 Å². The van der Waals surface area contributed by atoms with E-state index in [0.717, 1.165) is 15.7 Å². The van der Waals surface area contributed by atoms with Gasteiger partial charge in [0.1, 0.15) is 0 Å². The normalized spacial score (nSPS) is 10.2. The molecule has 0 unspecified atom stereocenters. The molecule has 26 heavy (non-hydrogen) atoms. The molecule has 0 saturated carbocycles. The summed E-state index contributed by atoms with van der Waals surface area (Å²) in [4.78, 5) is 24.8. The predicted octanol–water partition coefficient (Wildman–Crippen LogP) is 5.26. The molecule has 0 atom stereocenters. The summed E-state index contributed by atoms with van der Waals surface area (Å²) >= 11 is 3.35. The largest absolute Gasteiger partial charge is 0.322 e. The molecule has 0 heterocycles. The van der Waals surface area contributed by atoms with Crippen LogP contribution in [0.5, 0.6) is 0 Å². The summed E-state index contributed by atoms with van der Waals surface area (Å²) in [5.74, 6) is -0.461. The topological polar surface area (TPSA) is 58.2 Å². The second-order valence-electron chi connectivity index (χ2n) is 5.87. The Labute approximate surface area is 160 Å². The SMILES string of the molecule is Cc1cccc(NC(=O)c2cccc(NC(=O)c3cccc(Br)c3)c2)c1. The highest BCUT2D eigenvalue weighted by molar-refractivity contribution is 9.10. The van der Waals surface area contributed by atoms with Crippen molar-refractivity contribution in [3.8, 4) is 0 Å². The first-order valence-corrected chi connectivity index (χ1v) is 8.85. The summed E-state index contributed by atoms with van der Waals surface area (Å²) in [6, 6.07) is 21.6. The quantitative estimate of drug-likeness (QED) is 0.618. The smallest absolute Gasteiger partial charge is 0.255 e. The van der Waals surface area contributed by atoms with Gasteiger partial charge in [-0.05, 0) is 61.0 Å². The van der Waals surface area contributed by atoms with Crippen LogP contribution in [0, 0.1) is 6.92 Å². The standard InChI is InChI=1S/C21H17BrN2O2/c1-14-5-2-9-18(11-14)23-21(26)16-7-4-10-19(13-16)24-20(25)15-6-3-8-17(22)12-15/h2-13H,1H3,(H,23,26)(H,24,25). The van der Waals surface area contributed by atoms with Crippen molar-refractivity contribution in [2.75, 3.05) is 10.6 Å². The molecule has 0 aliphatic carbocycles. The minimum Gasteiger partial charge on any atom is -0.322 e. The molecule has 0 saturated heterocycles. The van der Waals surface area contributed by atoms with Gasteiger partial charge in [-0.15, -0.1) is 0 Å². The van der Waals surface area contributed by atoms with Crippen molar-refractivity contribution < 1.29 is 9.59 Å². The van der Waals surface area contributed by atoms with Crippen LogP contribution >= 0.6 is 15.9 Å². The number of rotatable bonds is 4. The Kier molecular flexibility index (Phi) is 5.49. The third-order valence-corrected chi connectivity index (χ3v) is 4.24. The molecule has 2 N–H and O–H groups in total. The molecule has 4 nitrogen and oxygen atoms in total. The van der Waals surface area contributed by atoms with Gasteiger partial charge in [-0.2, -0.15) is 0 Å². The number of carbonyl (C=O) groups is 2. The highest BCUT2D eigenvalue weighted by Gasteiger charge is 2.10. The van der Waals surface area contributed by atoms with E-state index in [2.05, 4.69) is 26.6 Å². The van der Waals surface area contributed by atoms with E-state index < -0.39 is 0 Å². The van der Waals surface area contributed by atoms with Crippen molar-refractivity contribution in [3.63, 3.8) is 0 Å². The van der Waals surface area contributed by atoms with E-state index >= 15 is 0 Å². The summed E-state index contributed by atoms with van der Waals surface area (Å²) in [5, 5.41) is 5.67. The Morgan fingerprint density at radius 2 is 1.27 bits per heavy atom. The van der Waals surface area contributed by atoms with Gasteiger partial charge in [0.05, 0.1) is 0 Å². The van der Waals surface area contributed by atoms with Crippen LogP contribution < -0.4 is 10.6 Å². The average molecular weight is 409 g/mol. The van der Waals surface area contributed by atoms with Gasteiger partial charge in [-0.25, -0.2) is 0 Å². The maximum absolute atomic E-state index is 12.4. The fourth-order valence-electron chi connectivity index (χ4n) is 2.50. The van der Waals surface area contributed by atoms with Crippen LogP contribution in [-0.4, -0.2) is 11.8 Å². The number of amides is 2. The molecule has 0 spiro atoms. The maximum atomic E-state index is 12.4. The Hall–Kier alpha value is -2.92. The number of benzene rings is 3. The minimum absolute atomic E-state index is 0.228. The molecule has 2 amide bonds. The number of nitrogens with one attached hydrogen (secondary N) is 2. The second kappa shape index (κ2) is 7.97. The minimum atomic E-state index is -0.234. The molecular weight excluding hydrogens is 392 g/mol. The van der Waals surface area contributed by atoms with Crippen LogP contribution in [0.2, 0.25) is 0 Å². The highest BCUT2D eigenvalue weighted by atomic mass is 79.9. The van der Waals surface area contributed by atoms with Crippen LogP contribution in [0.15, 0.2) is 77.3 Å². The van der Waals surface area contributed by atoms with E-state index in [4.69, 9.17) is 0 Å². The number of anilines is 2. The van der Waals surface area contributed by atoms with Gasteiger partial charge in [0.15, 0.2) is 0 Å². The first-order valence-electron chi connectivity index (χ1n) is 8.06. The number of halogens is 1. The second-order valence-corrected chi connectivity index (χ2v) is 6.78. The third-order valence-electron chi connectivity index (χ3n) is 3.75. The number of carbonyl (C=O) groups excluding carboxylic acids is 2. The lowest BCUT2D eigenvalue weighted by Gasteiger charge is -2.09. The van der Waals surface area contributed by atoms with E-state index in [0.29, 0.717) is 16.8 Å². The molecule has 0 bridgehead atoms. The maximum Gasteiger partial charge on any atom is 0.255 e. The summed E-state index contributed by atoms with van der Waals surface area (Å²) in [7, 11) is 0. The van der Waals surface area contributed by atoms with Crippen LogP contribution in [0.1, 0.15) is 26.3 Å². The zero-order valence-electron chi connectivity index (χ0n) is 14.1. The molecule has 130 valence electrons. The van der Waals surface area contributed by atoms with Crippen molar-refractivity contribution in [3.05, 3.63) is 94.0 Å². The fraction of sp³-hybridized carbons (Fsp3) is 0.0476. The van der Waals surface area contributed by atoms with Crippen molar-refractivity contribution in [1.29, 1.82) is 0 Å². The molecule has 0 aromatic heterocycles. The van der Waals surface area contributed by atoms with Crippen LogP contribution in [0.25, 0.3) is 0 Å². The lowest BCUT2D eigenvalue weighted by molar-refractivity contribution is 0.101. The van der Waals surface area contributed by atoms with Gasteiger partial charge in [0, 0.05) is 27.0 Å². The van der Waals surface area contributed by atoms with Crippen molar-refractivity contribution in [2.45, 2.75) is 6.92 Å². The van der Waals surface area contributed by atoms with Gasteiger partial charge in [-0.3, -0.25) is 9.59 Å². The Bertz CT molecular complexity index is 969. The average Bonchev–Trinajstić information content (AvgIpc) is 2.62. The zero-order valence-corrected chi connectivity index (χ0v) is 15.7. The lowest BCUT2D eigenvalue weighted by Crippen LogP contribution is -2.14. The van der Waals surface area contributed by atoms with Crippen LogP contribution in [0.4, 0.5) is 11.4 Å². The molecule has 0 fully saturated rings. The molecule has 0 aliphatic heterocycles. The van der Waals surface area contributed by atoms with E-state index in [1.54, 1.807) is 42.5 Å². The number of hydrogen-bond acceptors (Lipinski definition) is 2. The van der Waals surface area contributed by atoms with Gasteiger partial charge >= 0.3 is 0 Å². The molecule has 3 aromatic rings. The van der Waals surface area contributed by atoms with Crippen molar-refractivity contribution in [2.24, 2.45) is 0 Å². The van der Waals surface area contributed by atoms with E-state index in [1.165, 1.54) is 0 Å². The summed E-state index contributed by atoms with van der Waals surface area (Å²) < 4.78 is 0.830. The van der Waals surface area contributed by atoms with Gasteiger partial charge < -0.3 is 10.6 Å². The summed E-state index contributed by atoms with van der Waals surface area (Å²) in [5.41, 5.74) is 3.37. The molecule has 0 aliphatic rings. The van der Waals surface area contributed by atoms with Crippen LogP contribution in [0.3, 0.4) is 0 Å². The number of aryl methyl sites for hydroxylation is 1. The summed E-state index contributed by atoms with van der Waals surface area (Å²) in [6.45, 7) is 1.97. The molecule has 3 rings (SSSR count). The molecule has 0 radical (unpaired) electrons. The molecule has 3 aromatic carbocycles. The van der Waals surface area contributed by atoms with Crippen LogP contribution in [-0.2, 0) is 0 Å². The lowest BCUT2D eigenvalue weighted by atomic mass is 10.1. The predicted molar refractivity (Wildman–Crippen MR) is 108 cm³/mol.